The molecule has 5 heteroatoms. The third-order valence-corrected chi connectivity index (χ3v) is 2.71. The van der Waals surface area contributed by atoms with E-state index in [0.29, 0.717) is 10.7 Å². The first-order valence-electron chi connectivity index (χ1n) is 5.10. The van der Waals surface area contributed by atoms with Crippen LogP contribution in [-0.4, -0.2) is 14.6 Å². The van der Waals surface area contributed by atoms with E-state index in [1.807, 2.05) is 40.9 Å². The minimum Gasteiger partial charge on any atom is -0.399 e. The Labute approximate surface area is 103 Å². The minimum atomic E-state index is 0.590. The van der Waals surface area contributed by atoms with Crippen molar-refractivity contribution < 1.29 is 0 Å². The van der Waals surface area contributed by atoms with Crippen LogP contribution in [0.2, 0.25) is 5.02 Å². The molecule has 0 fully saturated rings. The van der Waals surface area contributed by atoms with Gasteiger partial charge in [0.1, 0.15) is 0 Å². The van der Waals surface area contributed by atoms with E-state index in [4.69, 9.17) is 17.3 Å². The molecule has 0 aliphatic rings. The van der Waals surface area contributed by atoms with Gasteiger partial charge in [-0.2, -0.15) is 0 Å². The van der Waals surface area contributed by atoms with E-state index in [9.17, 15) is 0 Å². The third-order valence-electron chi connectivity index (χ3n) is 2.49. The first-order valence-corrected chi connectivity index (χ1v) is 5.48. The normalized spacial score (nSPS) is 10.9. The number of aromatic nitrogens is 3. The Morgan fingerprint density at radius 2 is 2.00 bits per heavy atom. The fraction of sp³-hybridized carbons (Fsp3) is 0. The van der Waals surface area contributed by atoms with Crippen molar-refractivity contribution in [1.29, 1.82) is 0 Å². The first kappa shape index (κ1) is 10.1. The molecule has 4 nitrogen and oxygen atoms in total. The fourth-order valence-corrected chi connectivity index (χ4v) is 2.02. The summed E-state index contributed by atoms with van der Waals surface area (Å²) in [5, 5.41) is 8.82. The summed E-state index contributed by atoms with van der Waals surface area (Å²) in [5.41, 5.74) is 8.03. The molecule has 2 aromatic heterocycles. The van der Waals surface area contributed by atoms with Crippen molar-refractivity contribution in [2.45, 2.75) is 0 Å². The quantitative estimate of drug-likeness (QED) is 0.670. The van der Waals surface area contributed by atoms with Crippen LogP contribution in [0.5, 0.6) is 0 Å². The number of benzene rings is 1. The fourth-order valence-electron chi connectivity index (χ4n) is 1.78. The molecular formula is C12H9ClN4. The molecule has 0 unspecified atom stereocenters. The summed E-state index contributed by atoms with van der Waals surface area (Å²) in [5.74, 6) is 0.731. The summed E-state index contributed by atoms with van der Waals surface area (Å²) >= 11 is 5.98. The van der Waals surface area contributed by atoms with E-state index in [1.165, 1.54) is 0 Å². The second-order valence-electron chi connectivity index (χ2n) is 3.73. The largest absolute Gasteiger partial charge is 0.399 e. The highest BCUT2D eigenvalue weighted by molar-refractivity contribution is 6.31. The van der Waals surface area contributed by atoms with Crippen molar-refractivity contribution in [3.63, 3.8) is 0 Å². The Bertz CT molecular complexity index is 670. The van der Waals surface area contributed by atoms with Crippen LogP contribution >= 0.6 is 11.6 Å². The van der Waals surface area contributed by atoms with Crippen molar-refractivity contribution in [1.82, 2.24) is 14.6 Å². The average Bonchev–Trinajstić information content (AvgIpc) is 2.71. The lowest BCUT2D eigenvalue weighted by Gasteiger charge is -2.02. The molecule has 0 spiro atoms. The molecule has 0 aliphatic carbocycles. The Hall–Kier alpha value is -2.07. The highest BCUT2D eigenvalue weighted by Gasteiger charge is 2.08. The number of halogens is 1. The van der Waals surface area contributed by atoms with Gasteiger partial charge in [-0.15, -0.1) is 10.2 Å². The van der Waals surface area contributed by atoms with Gasteiger partial charge in [-0.05, 0) is 30.3 Å². The van der Waals surface area contributed by atoms with E-state index in [1.54, 1.807) is 6.07 Å². The zero-order valence-electron chi connectivity index (χ0n) is 8.84. The van der Waals surface area contributed by atoms with Crippen molar-refractivity contribution in [2.24, 2.45) is 0 Å². The van der Waals surface area contributed by atoms with Crippen molar-refractivity contribution in [2.75, 3.05) is 5.73 Å². The van der Waals surface area contributed by atoms with Crippen LogP contribution in [0, 0.1) is 0 Å². The Balaban J connectivity index is 2.27. The van der Waals surface area contributed by atoms with Crippen LogP contribution in [-0.2, 0) is 0 Å². The highest BCUT2D eigenvalue weighted by Crippen LogP contribution is 2.24. The van der Waals surface area contributed by atoms with Crippen LogP contribution in [0.15, 0.2) is 42.6 Å². The molecule has 0 atom stereocenters. The summed E-state index contributed by atoms with van der Waals surface area (Å²) < 4.78 is 1.89. The van der Waals surface area contributed by atoms with Gasteiger partial charge >= 0.3 is 0 Å². The van der Waals surface area contributed by atoms with Crippen LogP contribution in [0.25, 0.3) is 17.0 Å². The Morgan fingerprint density at radius 3 is 2.82 bits per heavy atom. The number of anilines is 1. The summed E-state index contributed by atoms with van der Waals surface area (Å²) in [4.78, 5) is 0. The molecule has 0 aliphatic heterocycles. The number of rotatable bonds is 1. The number of nitrogens with zero attached hydrogens (tertiary/aromatic N) is 3. The Kier molecular flexibility index (Phi) is 2.23. The predicted octanol–water partition coefficient (Wildman–Crippen LogP) is 2.63. The second-order valence-corrected chi connectivity index (χ2v) is 4.16. The van der Waals surface area contributed by atoms with E-state index in [-0.39, 0.29) is 0 Å². The van der Waals surface area contributed by atoms with E-state index >= 15 is 0 Å². The Morgan fingerprint density at radius 1 is 1.12 bits per heavy atom. The van der Waals surface area contributed by atoms with Gasteiger partial charge in [-0.1, -0.05) is 17.7 Å². The average molecular weight is 245 g/mol. The molecule has 3 rings (SSSR count). The smallest absolute Gasteiger partial charge is 0.168 e. The van der Waals surface area contributed by atoms with Gasteiger partial charge in [0.25, 0.3) is 0 Å². The maximum absolute atomic E-state index is 5.98. The predicted molar refractivity (Wildman–Crippen MR) is 67.8 cm³/mol. The summed E-state index contributed by atoms with van der Waals surface area (Å²) in [6, 6.07) is 11.1. The molecule has 0 amide bonds. The molecule has 0 radical (unpaired) electrons. The van der Waals surface area contributed by atoms with Gasteiger partial charge in [0, 0.05) is 22.5 Å². The molecule has 3 aromatic rings. The number of nitrogen functional groups attached to an aromatic ring is 1. The van der Waals surface area contributed by atoms with Crippen LogP contribution in [0.1, 0.15) is 0 Å². The number of hydrogen-bond donors (Lipinski definition) is 1. The molecule has 84 valence electrons. The molecule has 17 heavy (non-hydrogen) atoms. The lowest BCUT2D eigenvalue weighted by molar-refractivity contribution is 1.11. The van der Waals surface area contributed by atoms with Crippen LogP contribution < -0.4 is 5.73 Å². The number of hydrogen-bond acceptors (Lipinski definition) is 3. The molecule has 2 heterocycles. The summed E-state index contributed by atoms with van der Waals surface area (Å²) in [6.45, 7) is 0. The van der Waals surface area contributed by atoms with E-state index < -0.39 is 0 Å². The second kappa shape index (κ2) is 3.75. The molecule has 1 aromatic carbocycles. The van der Waals surface area contributed by atoms with Gasteiger partial charge in [-0.3, -0.25) is 4.40 Å². The minimum absolute atomic E-state index is 0.590. The molecule has 0 saturated carbocycles. The molecule has 2 N–H and O–H groups in total. The van der Waals surface area contributed by atoms with E-state index in [2.05, 4.69) is 10.2 Å². The molecular weight excluding hydrogens is 236 g/mol. The number of nitrogens with two attached hydrogens (primary N) is 1. The van der Waals surface area contributed by atoms with Gasteiger partial charge in [0.15, 0.2) is 11.5 Å². The maximum atomic E-state index is 5.98. The SMILES string of the molecule is Nc1cc(Cl)cc(-c2nnc3ccccn23)c1. The van der Waals surface area contributed by atoms with Crippen molar-refractivity contribution >= 4 is 22.9 Å². The lowest BCUT2D eigenvalue weighted by Crippen LogP contribution is -1.91. The van der Waals surface area contributed by atoms with Gasteiger partial charge in [0.2, 0.25) is 0 Å². The van der Waals surface area contributed by atoms with Gasteiger partial charge < -0.3 is 5.73 Å². The standard InChI is InChI=1S/C12H9ClN4/c13-9-5-8(6-10(14)7-9)12-16-15-11-3-1-2-4-17(11)12/h1-7H,14H2. The zero-order valence-corrected chi connectivity index (χ0v) is 9.59. The number of fused-ring (bicyclic) bond motifs is 1. The van der Waals surface area contributed by atoms with Gasteiger partial charge in [0.05, 0.1) is 0 Å². The van der Waals surface area contributed by atoms with Crippen molar-refractivity contribution in [3.8, 4) is 11.4 Å². The summed E-state index contributed by atoms with van der Waals surface area (Å²) in [7, 11) is 0. The molecule has 0 saturated heterocycles. The lowest BCUT2D eigenvalue weighted by atomic mass is 10.2. The first-order chi connectivity index (χ1) is 8.24. The summed E-state index contributed by atoms with van der Waals surface area (Å²) in [6.07, 6.45) is 1.90. The van der Waals surface area contributed by atoms with E-state index in [0.717, 1.165) is 17.0 Å². The van der Waals surface area contributed by atoms with Crippen LogP contribution in [0.3, 0.4) is 0 Å². The topological polar surface area (TPSA) is 56.2 Å². The maximum Gasteiger partial charge on any atom is 0.168 e. The monoisotopic (exact) mass is 244 g/mol. The van der Waals surface area contributed by atoms with Crippen LogP contribution in [0.4, 0.5) is 5.69 Å². The van der Waals surface area contributed by atoms with Gasteiger partial charge in [-0.25, -0.2) is 0 Å². The molecule has 0 bridgehead atoms. The highest BCUT2D eigenvalue weighted by atomic mass is 35.5. The number of pyridine rings is 1. The third kappa shape index (κ3) is 1.72. The van der Waals surface area contributed by atoms with Crippen molar-refractivity contribution in [3.05, 3.63) is 47.6 Å². The zero-order chi connectivity index (χ0) is 11.8.